The van der Waals surface area contributed by atoms with Crippen molar-refractivity contribution in [3.8, 4) is 6.07 Å². The van der Waals surface area contributed by atoms with Crippen molar-refractivity contribution in [3.05, 3.63) is 35.4 Å². The number of hydrogen-bond acceptors (Lipinski definition) is 4. The van der Waals surface area contributed by atoms with Crippen molar-refractivity contribution < 1.29 is 9.53 Å². The number of nitrogens with zero attached hydrogens (tertiary/aromatic N) is 1. The summed E-state index contributed by atoms with van der Waals surface area (Å²) in [5.41, 5.74) is 1.72. The highest BCUT2D eigenvalue weighted by molar-refractivity contribution is 7.98. The molecule has 0 N–H and O–H groups in total. The summed E-state index contributed by atoms with van der Waals surface area (Å²) in [7, 11) is 1.39. The first-order valence-corrected chi connectivity index (χ1v) is 6.06. The van der Waals surface area contributed by atoms with Gasteiger partial charge in [0.15, 0.2) is 0 Å². The van der Waals surface area contributed by atoms with E-state index in [1.165, 1.54) is 7.11 Å². The van der Waals surface area contributed by atoms with Crippen LogP contribution in [0, 0.1) is 11.3 Å². The van der Waals surface area contributed by atoms with Crippen LogP contribution in [0.25, 0.3) is 0 Å². The van der Waals surface area contributed by atoms with Gasteiger partial charge in [0.25, 0.3) is 0 Å². The van der Waals surface area contributed by atoms with Crippen molar-refractivity contribution in [2.45, 2.75) is 12.2 Å². The fourth-order valence-electron chi connectivity index (χ4n) is 1.19. The summed E-state index contributed by atoms with van der Waals surface area (Å²) in [6.45, 7) is 0. The fraction of sp³-hybridized carbons (Fsp3) is 0.333. The smallest absolute Gasteiger partial charge is 0.306 e. The number of hydrogen-bond donors (Lipinski definition) is 0. The third kappa shape index (κ3) is 3.95. The Labute approximate surface area is 99.4 Å². The van der Waals surface area contributed by atoms with E-state index in [1.54, 1.807) is 17.8 Å². The summed E-state index contributed by atoms with van der Waals surface area (Å²) < 4.78 is 4.54. The van der Waals surface area contributed by atoms with Gasteiger partial charge < -0.3 is 4.74 Å². The van der Waals surface area contributed by atoms with Crippen molar-refractivity contribution in [2.24, 2.45) is 0 Å². The summed E-state index contributed by atoms with van der Waals surface area (Å²) in [4.78, 5) is 10.9. The molecular weight excluding hydrogens is 222 g/mol. The summed E-state index contributed by atoms with van der Waals surface area (Å²) in [6, 6.07) is 9.65. The zero-order chi connectivity index (χ0) is 11.8. The lowest BCUT2D eigenvalue weighted by Crippen LogP contribution is -2.01. The number of nitriles is 1. The molecule has 0 spiro atoms. The number of esters is 1. The Morgan fingerprint density at radius 3 is 2.94 bits per heavy atom. The molecule has 0 saturated heterocycles. The average Bonchev–Trinajstić information content (AvgIpc) is 2.34. The van der Waals surface area contributed by atoms with Crippen LogP contribution in [0.1, 0.15) is 17.5 Å². The highest BCUT2D eigenvalue weighted by Crippen LogP contribution is 2.16. The summed E-state index contributed by atoms with van der Waals surface area (Å²) in [6.07, 6.45) is 0.413. The van der Waals surface area contributed by atoms with Gasteiger partial charge in [-0.15, -0.1) is 0 Å². The maximum Gasteiger partial charge on any atom is 0.306 e. The number of methoxy groups -OCH3 is 1. The average molecular weight is 235 g/mol. The van der Waals surface area contributed by atoms with E-state index in [1.807, 2.05) is 18.2 Å². The molecule has 0 radical (unpaired) electrons. The molecule has 0 aliphatic rings. The molecule has 1 aromatic rings. The van der Waals surface area contributed by atoms with Crippen molar-refractivity contribution in [3.63, 3.8) is 0 Å². The Hall–Kier alpha value is -1.47. The Kier molecular flexibility index (Phi) is 5.44. The van der Waals surface area contributed by atoms with Crippen LogP contribution in [0.4, 0.5) is 0 Å². The summed E-state index contributed by atoms with van der Waals surface area (Å²) >= 11 is 1.63. The van der Waals surface area contributed by atoms with Crippen LogP contribution < -0.4 is 0 Å². The third-order valence-corrected chi connectivity index (χ3v) is 3.08. The van der Waals surface area contributed by atoms with Crippen LogP contribution in [-0.2, 0) is 15.3 Å². The molecule has 0 heterocycles. The quantitative estimate of drug-likeness (QED) is 0.580. The first kappa shape index (κ1) is 12.6. The van der Waals surface area contributed by atoms with Crippen LogP contribution in [0.2, 0.25) is 0 Å². The van der Waals surface area contributed by atoms with Gasteiger partial charge in [-0.3, -0.25) is 4.79 Å². The number of ether oxygens (including phenoxy) is 1. The molecule has 0 aliphatic carbocycles. The van der Waals surface area contributed by atoms with Crippen molar-refractivity contribution in [1.29, 1.82) is 5.26 Å². The van der Waals surface area contributed by atoms with E-state index in [0.29, 0.717) is 17.7 Å². The first-order chi connectivity index (χ1) is 7.77. The molecule has 1 aromatic carbocycles. The molecule has 0 saturated carbocycles. The lowest BCUT2D eigenvalue weighted by atomic mass is 10.1. The molecule has 1 rings (SSSR count). The topological polar surface area (TPSA) is 50.1 Å². The molecule has 84 valence electrons. The molecule has 16 heavy (non-hydrogen) atoms. The van der Waals surface area contributed by atoms with E-state index in [0.717, 1.165) is 11.3 Å². The largest absolute Gasteiger partial charge is 0.469 e. The normalized spacial score (nSPS) is 9.50. The fourth-order valence-corrected chi connectivity index (χ4v) is 2.12. The van der Waals surface area contributed by atoms with Gasteiger partial charge in [0.2, 0.25) is 0 Å². The molecule has 3 nitrogen and oxygen atoms in total. The number of carbonyl (C=O) groups is 1. The predicted octanol–water partition coefficient (Wildman–Crippen LogP) is 2.35. The number of benzene rings is 1. The molecule has 0 aliphatic heterocycles. The van der Waals surface area contributed by atoms with E-state index < -0.39 is 0 Å². The van der Waals surface area contributed by atoms with E-state index in [9.17, 15) is 4.79 Å². The molecular formula is C12H13NO2S. The minimum absolute atomic E-state index is 0.193. The SMILES string of the molecule is COC(=O)CCSCc1ccccc1C#N. The van der Waals surface area contributed by atoms with Crippen LogP contribution in [-0.4, -0.2) is 18.8 Å². The molecule has 4 heteroatoms. The Balaban J connectivity index is 2.38. The van der Waals surface area contributed by atoms with Gasteiger partial charge in [0, 0.05) is 11.5 Å². The number of thioether (sulfide) groups is 1. The van der Waals surface area contributed by atoms with Gasteiger partial charge in [0.1, 0.15) is 0 Å². The van der Waals surface area contributed by atoms with Gasteiger partial charge in [0.05, 0.1) is 25.2 Å². The summed E-state index contributed by atoms with van der Waals surface area (Å²) in [5, 5.41) is 8.87. The second-order valence-electron chi connectivity index (χ2n) is 3.15. The van der Waals surface area contributed by atoms with Crippen molar-refractivity contribution in [2.75, 3.05) is 12.9 Å². The molecule has 0 fully saturated rings. The predicted molar refractivity (Wildman–Crippen MR) is 64.0 cm³/mol. The Morgan fingerprint density at radius 2 is 2.25 bits per heavy atom. The third-order valence-electron chi connectivity index (χ3n) is 2.07. The molecule has 0 amide bonds. The van der Waals surface area contributed by atoms with Crippen LogP contribution >= 0.6 is 11.8 Å². The molecule has 0 bridgehead atoms. The number of carbonyl (C=O) groups excluding carboxylic acids is 1. The zero-order valence-corrected chi connectivity index (χ0v) is 9.92. The van der Waals surface area contributed by atoms with E-state index in [2.05, 4.69) is 10.8 Å². The van der Waals surface area contributed by atoms with Gasteiger partial charge in [-0.1, -0.05) is 18.2 Å². The van der Waals surface area contributed by atoms with Crippen LogP contribution in [0.15, 0.2) is 24.3 Å². The first-order valence-electron chi connectivity index (χ1n) is 4.90. The standard InChI is InChI=1S/C12H13NO2S/c1-15-12(14)6-7-16-9-11-5-3-2-4-10(11)8-13/h2-5H,6-7,9H2,1H3. The minimum atomic E-state index is -0.193. The maximum atomic E-state index is 10.9. The Morgan fingerprint density at radius 1 is 1.50 bits per heavy atom. The monoisotopic (exact) mass is 235 g/mol. The minimum Gasteiger partial charge on any atom is -0.469 e. The highest BCUT2D eigenvalue weighted by Gasteiger charge is 2.03. The lowest BCUT2D eigenvalue weighted by Gasteiger charge is -2.03. The van der Waals surface area contributed by atoms with Crippen LogP contribution in [0.5, 0.6) is 0 Å². The van der Waals surface area contributed by atoms with Gasteiger partial charge in [-0.05, 0) is 11.6 Å². The lowest BCUT2D eigenvalue weighted by molar-refractivity contribution is -0.140. The molecule has 0 atom stereocenters. The van der Waals surface area contributed by atoms with E-state index in [4.69, 9.17) is 5.26 Å². The highest BCUT2D eigenvalue weighted by atomic mass is 32.2. The van der Waals surface area contributed by atoms with Gasteiger partial charge in [-0.2, -0.15) is 17.0 Å². The maximum absolute atomic E-state index is 10.9. The number of rotatable bonds is 5. The van der Waals surface area contributed by atoms with E-state index >= 15 is 0 Å². The second kappa shape index (κ2) is 6.91. The van der Waals surface area contributed by atoms with Crippen LogP contribution in [0.3, 0.4) is 0 Å². The Bertz CT molecular complexity index is 398. The van der Waals surface area contributed by atoms with Crippen molar-refractivity contribution in [1.82, 2.24) is 0 Å². The van der Waals surface area contributed by atoms with Gasteiger partial charge in [-0.25, -0.2) is 0 Å². The molecule has 0 aromatic heterocycles. The summed E-state index contributed by atoms with van der Waals surface area (Å²) in [5.74, 6) is 1.27. The van der Waals surface area contributed by atoms with Crippen molar-refractivity contribution >= 4 is 17.7 Å². The molecule has 0 unspecified atom stereocenters. The second-order valence-corrected chi connectivity index (χ2v) is 4.25. The van der Waals surface area contributed by atoms with Gasteiger partial charge >= 0.3 is 5.97 Å². The zero-order valence-electron chi connectivity index (χ0n) is 9.10. The van der Waals surface area contributed by atoms with E-state index in [-0.39, 0.29) is 5.97 Å².